The molecule has 0 saturated carbocycles. The van der Waals surface area contributed by atoms with Crippen molar-refractivity contribution in [1.82, 2.24) is 14.0 Å². The molecule has 0 spiro atoms. The average molecular weight is 432 g/mol. The number of hydrogen-bond acceptors (Lipinski definition) is 3. The number of carbonyl (C=O) groups excluding carboxylic acids is 1. The Kier molecular flexibility index (Phi) is 5.24. The van der Waals surface area contributed by atoms with Gasteiger partial charge in [0.05, 0.1) is 17.1 Å². The van der Waals surface area contributed by atoms with Crippen LogP contribution in [0, 0.1) is 0 Å². The second-order valence-electron chi connectivity index (χ2n) is 7.87. The summed E-state index contributed by atoms with van der Waals surface area (Å²) in [5, 5.41) is 2.12. The molecule has 0 saturated heterocycles. The summed E-state index contributed by atoms with van der Waals surface area (Å²) in [7, 11) is 0. The molecule has 0 radical (unpaired) electrons. The van der Waals surface area contributed by atoms with Crippen molar-refractivity contribution < 1.29 is 4.79 Å². The van der Waals surface area contributed by atoms with Gasteiger partial charge in [-0.2, -0.15) is 0 Å². The Morgan fingerprint density at radius 1 is 1.00 bits per heavy atom. The summed E-state index contributed by atoms with van der Waals surface area (Å²) < 4.78 is 3.51. The fourth-order valence-electron chi connectivity index (χ4n) is 4.73. The van der Waals surface area contributed by atoms with Gasteiger partial charge in [0.1, 0.15) is 0 Å². The summed E-state index contributed by atoms with van der Waals surface area (Å²) in [5.74, 6) is 0.0888. The Balaban J connectivity index is 1.44. The number of imidazole rings is 1. The molecule has 6 heteroatoms. The molecule has 1 aliphatic heterocycles. The van der Waals surface area contributed by atoms with E-state index in [1.807, 2.05) is 54.3 Å². The minimum Gasteiger partial charge on any atom is -0.331 e. The molecule has 0 aliphatic carbocycles. The van der Waals surface area contributed by atoms with Gasteiger partial charge in [-0.3, -0.25) is 13.9 Å². The van der Waals surface area contributed by atoms with Crippen LogP contribution in [0.3, 0.4) is 0 Å². The van der Waals surface area contributed by atoms with Crippen molar-refractivity contribution in [2.75, 3.05) is 6.54 Å². The van der Waals surface area contributed by atoms with Crippen LogP contribution in [0.25, 0.3) is 11.0 Å². The van der Waals surface area contributed by atoms with Crippen molar-refractivity contribution in [3.63, 3.8) is 0 Å². The first kappa shape index (κ1) is 19.8. The molecule has 0 fully saturated rings. The minimum absolute atomic E-state index is 0.0464. The van der Waals surface area contributed by atoms with Gasteiger partial charge >= 0.3 is 5.69 Å². The Hall–Kier alpha value is -3.12. The second-order valence-corrected chi connectivity index (χ2v) is 8.87. The molecular formula is C25H25N3O2S. The Labute approximate surface area is 185 Å². The summed E-state index contributed by atoms with van der Waals surface area (Å²) in [5.41, 5.74) is 4.13. The quantitative estimate of drug-likeness (QED) is 0.469. The number of hydrogen-bond donors (Lipinski definition) is 0. The van der Waals surface area contributed by atoms with Gasteiger partial charge in [-0.05, 0) is 48.1 Å². The maximum atomic E-state index is 13.4. The van der Waals surface area contributed by atoms with E-state index in [1.54, 1.807) is 20.5 Å². The highest BCUT2D eigenvalue weighted by atomic mass is 32.1. The summed E-state index contributed by atoms with van der Waals surface area (Å²) in [6.07, 6.45) is 1.19. The lowest BCUT2D eigenvalue weighted by atomic mass is 9.93. The Morgan fingerprint density at radius 3 is 2.45 bits per heavy atom. The number of rotatable bonds is 5. The molecular weight excluding hydrogens is 406 g/mol. The second kappa shape index (κ2) is 8.19. The fraction of sp³-hybridized carbons (Fsp3) is 0.280. The zero-order chi connectivity index (χ0) is 21.4. The van der Waals surface area contributed by atoms with Crippen LogP contribution in [0.1, 0.15) is 35.4 Å². The predicted molar refractivity (Wildman–Crippen MR) is 125 cm³/mol. The lowest BCUT2D eigenvalue weighted by Crippen LogP contribution is -2.40. The van der Waals surface area contributed by atoms with Crippen LogP contribution in [-0.2, 0) is 24.3 Å². The Bertz CT molecular complexity index is 1290. The van der Waals surface area contributed by atoms with Gasteiger partial charge in [-0.25, -0.2) is 4.79 Å². The van der Waals surface area contributed by atoms with Gasteiger partial charge in [0.15, 0.2) is 0 Å². The van der Waals surface area contributed by atoms with Gasteiger partial charge < -0.3 is 4.90 Å². The zero-order valence-electron chi connectivity index (χ0n) is 17.5. The SMILES string of the molecule is CCn1c(=O)n(CCC(=O)N2CCc3sccc3[C@H]2c2ccccc2)c2ccccc21. The first-order chi connectivity index (χ1) is 15.2. The highest BCUT2D eigenvalue weighted by molar-refractivity contribution is 7.10. The van der Waals surface area contributed by atoms with E-state index in [2.05, 4.69) is 23.6 Å². The summed E-state index contributed by atoms with van der Waals surface area (Å²) in [4.78, 5) is 29.7. The third-order valence-electron chi connectivity index (χ3n) is 6.19. The molecule has 5 rings (SSSR count). The van der Waals surface area contributed by atoms with Crippen molar-refractivity contribution in [2.24, 2.45) is 0 Å². The predicted octanol–water partition coefficient (Wildman–Crippen LogP) is 4.45. The van der Waals surface area contributed by atoms with Crippen molar-refractivity contribution in [1.29, 1.82) is 0 Å². The van der Waals surface area contributed by atoms with E-state index in [1.165, 1.54) is 10.4 Å². The average Bonchev–Trinajstić information content (AvgIpc) is 3.39. The molecule has 1 atom stereocenters. The molecule has 31 heavy (non-hydrogen) atoms. The van der Waals surface area contributed by atoms with E-state index >= 15 is 0 Å². The molecule has 4 aromatic rings. The standard InChI is InChI=1S/C25H25N3O2S/c1-2-26-20-10-6-7-11-21(20)27(25(26)30)16-13-23(29)28-15-12-22-19(14-17-31-22)24(28)18-8-4-3-5-9-18/h3-11,14,17,24H,2,12-13,15-16H2,1H3/t24-/m1/s1. The van der Waals surface area contributed by atoms with Gasteiger partial charge in [-0.1, -0.05) is 42.5 Å². The summed E-state index contributed by atoms with van der Waals surface area (Å²) >= 11 is 1.77. The molecule has 5 nitrogen and oxygen atoms in total. The van der Waals surface area contributed by atoms with Crippen LogP contribution < -0.4 is 5.69 Å². The van der Waals surface area contributed by atoms with Gasteiger partial charge in [0.25, 0.3) is 0 Å². The maximum absolute atomic E-state index is 13.4. The van der Waals surface area contributed by atoms with E-state index in [0.717, 1.165) is 23.0 Å². The van der Waals surface area contributed by atoms with Crippen LogP contribution in [-0.4, -0.2) is 26.5 Å². The van der Waals surface area contributed by atoms with E-state index in [4.69, 9.17) is 0 Å². The van der Waals surface area contributed by atoms with E-state index < -0.39 is 0 Å². The van der Waals surface area contributed by atoms with Gasteiger partial charge in [0.2, 0.25) is 5.91 Å². The smallest absolute Gasteiger partial charge is 0.329 e. The van der Waals surface area contributed by atoms with E-state index in [-0.39, 0.29) is 17.6 Å². The zero-order valence-corrected chi connectivity index (χ0v) is 18.3. The van der Waals surface area contributed by atoms with Crippen LogP contribution in [0.4, 0.5) is 0 Å². The molecule has 3 heterocycles. The third kappa shape index (κ3) is 3.41. The van der Waals surface area contributed by atoms with Gasteiger partial charge in [0, 0.05) is 30.9 Å². The molecule has 2 aromatic carbocycles. The fourth-order valence-corrected chi connectivity index (χ4v) is 5.63. The lowest BCUT2D eigenvalue weighted by Gasteiger charge is -2.36. The van der Waals surface area contributed by atoms with E-state index in [0.29, 0.717) is 26.1 Å². The molecule has 0 bridgehead atoms. The molecule has 1 aliphatic rings. The molecule has 1 amide bonds. The number of aromatic nitrogens is 2. The van der Waals surface area contributed by atoms with Crippen LogP contribution in [0.5, 0.6) is 0 Å². The van der Waals surface area contributed by atoms with Crippen molar-refractivity contribution in [3.05, 3.63) is 92.5 Å². The first-order valence-electron chi connectivity index (χ1n) is 10.8. The van der Waals surface area contributed by atoms with E-state index in [9.17, 15) is 9.59 Å². The largest absolute Gasteiger partial charge is 0.331 e. The molecule has 158 valence electrons. The number of benzene rings is 2. The number of carbonyl (C=O) groups is 1. The van der Waals surface area contributed by atoms with Crippen LogP contribution in [0.2, 0.25) is 0 Å². The van der Waals surface area contributed by atoms with Gasteiger partial charge in [-0.15, -0.1) is 11.3 Å². The maximum Gasteiger partial charge on any atom is 0.329 e. The van der Waals surface area contributed by atoms with Crippen molar-refractivity contribution >= 4 is 28.3 Å². The lowest BCUT2D eigenvalue weighted by molar-refractivity contribution is -0.133. The number of fused-ring (bicyclic) bond motifs is 2. The van der Waals surface area contributed by atoms with Crippen LogP contribution >= 0.6 is 11.3 Å². The Morgan fingerprint density at radius 2 is 1.71 bits per heavy atom. The molecule has 0 unspecified atom stereocenters. The summed E-state index contributed by atoms with van der Waals surface area (Å²) in [6.45, 7) is 3.68. The number of amides is 1. The molecule has 2 aromatic heterocycles. The summed E-state index contributed by atoms with van der Waals surface area (Å²) in [6, 6.07) is 20.1. The van der Waals surface area contributed by atoms with Crippen LogP contribution in [0.15, 0.2) is 70.8 Å². The monoisotopic (exact) mass is 431 g/mol. The first-order valence-corrected chi connectivity index (χ1v) is 11.7. The number of aryl methyl sites for hydroxylation is 2. The topological polar surface area (TPSA) is 47.2 Å². The number of para-hydroxylation sites is 2. The number of nitrogens with zero attached hydrogens (tertiary/aromatic N) is 3. The van der Waals surface area contributed by atoms with Crippen molar-refractivity contribution in [2.45, 2.75) is 38.9 Å². The minimum atomic E-state index is -0.0580. The van der Waals surface area contributed by atoms with Crippen molar-refractivity contribution in [3.8, 4) is 0 Å². The normalized spacial score (nSPS) is 15.9. The highest BCUT2D eigenvalue weighted by Crippen LogP contribution is 2.38. The third-order valence-corrected chi connectivity index (χ3v) is 7.19. The highest BCUT2D eigenvalue weighted by Gasteiger charge is 2.32. The molecule has 0 N–H and O–H groups in total. The number of thiophene rings is 1.